The van der Waals surface area contributed by atoms with Gasteiger partial charge in [-0.15, -0.1) is 0 Å². The van der Waals surface area contributed by atoms with Crippen LogP contribution in [0.25, 0.3) is 0 Å². The van der Waals surface area contributed by atoms with Crippen LogP contribution in [0.4, 0.5) is 0 Å². The third kappa shape index (κ3) is 3.86. The molecule has 0 N–H and O–H groups in total. The Bertz CT molecular complexity index is 364. The summed E-state index contributed by atoms with van der Waals surface area (Å²) in [6.07, 6.45) is 4.86. The van der Waals surface area contributed by atoms with Gasteiger partial charge in [-0.3, -0.25) is 0 Å². The van der Waals surface area contributed by atoms with Crippen LogP contribution in [0.2, 0.25) is 4.82 Å². The fraction of sp³-hybridized carbons (Fsp3) is 0.500. The average Bonchev–Trinajstić information content (AvgIpc) is 2.32. The summed E-state index contributed by atoms with van der Waals surface area (Å²) in [6.45, 7) is 1.52. The standard InChI is InChI=1S/C14H18O2Se/c1-11(15)16-13-9-5-6-10-14(13)17-12-7-3-2-4-8-12/h2-4,7-8,13-14H,5-6,9-10H2,1H3/t13-,14-/m1/s1. The van der Waals surface area contributed by atoms with E-state index in [-0.39, 0.29) is 12.1 Å². The quantitative estimate of drug-likeness (QED) is 0.632. The van der Waals surface area contributed by atoms with Crippen LogP contribution in [-0.2, 0) is 9.53 Å². The number of carbonyl (C=O) groups is 1. The molecule has 1 aliphatic rings. The first-order valence-corrected chi connectivity index (χ1v) is 7.99. The van der Waals surface area contributed by atoms with Crippen molar-refractivity contribution < 1.29 is 9.53 Å². The fourth-order valence-electron chi connectivity index (χ4n) is 2.22. The molecular formula is C14H18O2Se. The molecule has 1 saturated carbocycles. The molecular weight excluding hydrogens is 279 g/mol. The summed E-state index contributed by atoms with van der Waals surface area (Å²) in [5.74, 6) is -0.134. The van der Waals surface area contributed by atoms with Gasteiger partial charge in [0.1, 0.15) is 0 Å². The molecule has 1 aromatic rings. The molecule has 92 valence electrons. The summed E-state index contributed by atoms with van der Waals surface area (Å²) in [7, 11) is 0. The van der Waals surface area contributed by atoms with E-state index in [1.165, 1.54) is 30.6 Å². The van der Waals surface area contributed by atoms with E-state index in [2.05, 4.69) is 24.3 Å². The van der Waals surface area contributed by atoms with Crippen LogP contribution in [0.15, 0.2) is 30.3 Å². The van der Waals surface area contributed by atoms with E-state index in [9.17, 15) is 4.79 Å². The van der Waals surface area contributed by atoms with Gasteiger partial charge >= 0.3 is 109 Å². The molecule has 0 bridgehead atoms. The van der Waals surface area contributed by atoms with Gasteiger partial charge in [-0.25, -0.2) is 0 Å². The van der Waals surface area contributed by atoms with E-state index in [0.717, 1.165) is 6.42 Å². The number of hydrogen-bond donors (Lipinski definition) is 0. The average molecular weight is 297 g/mol. The molecule has 2 atom stereocenters. The second kappa shape index (κ2) is 6.23. The maximum atomic E-state index is 11.1. The Hall–Kier alpha value is -0.791. The van der Waals surface area contributed by atoms with Gasteiger partial charge in [0.2, 0.25) is 0 Å². The first-order chi connectivity index (χ1) is 8.25. The molecule has 17 heavy (non-hydrogen) atoms. The van der Waals surface area contributed by atoms with Crippen molar-refractivity contribution in [3.8, 4) is 0 Å². The Kier molecular flexibility index (Phi) is 4.64. The summed E-state index contributed by atoms with van der Waals surface area (Å²) < 4.78 is 6.86. The topological polar surface area (TPSA) is 26.3 Å². The van der Waals surface area contributed by atoms with Crippen molar-refractivity contribution in [2.24, 2.45) is 0 Å². The van der Waals surface area contributed by atoms with Crippen molar-refractivity contribution in [3.05, 3.63) is 30.3 Å². The molecule has 0 aliphatic heterocycles. The molecule has 0 aromatic heterocycles. The molecule has 0 unspecified atom stereocenters. The number of benzene rings is 1. The van der Waals surface area contributed by atoms with E-state index in [1.807, 2.05) is 6.07 Å². The van der Waals surface area contributed by atoms with Gasteiger partial charge in [-0.05, 0) is 0 Å². The number of ether oxygens (including phenoxy) is 1. The molecule has 3 heteroatoms. The summed E-state index contributed by atoms with van der Waals surface area (Å²) >= 11 is 0.418. The van der Waals surface area contributed by atoms with Crippen molar-refractivity contribution in [1.29, 1.82) is 0 Å². The summed E-state index contributed by atoms with van der Waals surface area (Å²) in [6, 6.07) is 10.6. The number of esters is 1. The molecule has 0 amide bonds. The Morgan fingerprint density at radius 3 is 2.65 bits per heavy atom. The van der Waals surface area contributed by atoms with Crippen LogP contribution in [0.5, 0.6) is 0 Å². The van der Waals surface area contributed by atoms with Crippen molar-refractivity contribution in [3.63, 3.8) is 0 Å². The fourth-order valence-corrected chi connectivity index (χ4v) is 4.93. The van der Waals surface area contributed by atoms with E-state index in [4.69, 9.17) is 4.74 Å². The van der Waals surface area contributed by atoms with E-state index < -0.39 is 0 Å². The van der Waals surface area contributed by atoms with Crippen molar-refractivity contribution in [2.45, 2.75) is 43.5 Å². The van der Waals surface area contributed by atoms with Crippen LogP contribution in [0.3, 0.4) is 0 Å². The Balaban J connectivity index is 1.99. The van der Waals surface area contributed by atoms with Crippen LogP contribution >= 0.6 is 0 Å². The minimum atomic E-state index is -0.134. The van der Waals surface area contributed by atoms with Crippen LogP contribution in [0, 0.1) is 0 Å². The second-order valence-electron chi connectivity index (χ2n) is 4.40. The molecule has 1 aromatic carbocycles. The predicted octanol–water partition coefficient (Wildman–Crippen LogP) is 2.31. The monoisotopic (exact) mass is 298 g/mol. The molecule has 2 rings (SSSR count). The van der Waals surface area contributed by atoms with Gasteiger partial charge < -0.3 is 0 Å². The van der Waals surface area contributed by atoms with Crippen LogP contribution < -0.4 is 4.46 Å². The van der Waals surface area contributed by atoms with Crippen LogP contribution in [-0.4, -0.2) is 27.0 Å². The van der Waals surface area contributed by atoms with Crippen molar-refractivity contribution in [1.82, 2.24) is 0 Å². The summed E-state index contributed by atoms with van der Waals surface area (Å²) in [4.78, 5) is 11.7. The predicted molar refractivity (Wildman–Crippen MR) is 69.6 cm³/mol. The third-order valence-electron chi connectivity index (χ3n) is 2.99. The Morgan fingerprint density at radius 2 is 1.94 bits per heavy atom. The zero-order valence-corrected chi connectivity index (χ0v) is 11.8. The normalized spacial score (nSPS) is 24.3. The van der Waals surface area contributed by atoms with Gasteiger partial charge in [0.25, 0.3) is 0 Å². The van der Waals surface area contributed by atoms with Gasteiger partial charge in [0.15, 0.2) is 0 Å². The number of hydrogen-bond acceptors (Lipinski definition) is 2. The molecule has 0 heterocycles. The van der Waals surface area contributed by atoms with E-state index in [1.54, 1.807) is 0 Å². The molecule has 0 spiro atoms. The Labute approximate surface area is 109 Å². The molecule has 1 fully saturated rings. The van der Waals surface area contributed by atoms with E-state index >= 15 is 0 Å². The van der Waals surface area contributed by atoms with Gasteiger partial charge in [0, 0.05) is 0 Å². The molecule has 2 nitrogen and oxygen atoms in total. The van der Waals surface area contributed by atoms with Crippen LogP contribution in [0.1, 0.15) is 32.6 Å². The molecule has 1 aliphatic carbocycles. The maximum absolute atomic E-state index is 11.1. The first-order valence-electron chi connectivity index (χ1n) is 6.14. The second-order valence-corrected chi connectivity index (χ2v) is 7.16. The zero-order valence-electron chi connectivity index (χ0n) is 10.1. The SMILES string of the molecule is CC(=O)O[C@@H]1CCCC[C@H]1[Se]c1ccccc1. The van der Waals surface area contributed by atoms with Gasteiger partial charge in [0.05, 0.1) is 0 Å². The van der Waals surface area contributed by atoms with Gasteiger partial charge in [-0.2, -0.15) is 0 Å². The number of rotatable bonds is 3. The van der Waals surface area contributed by atoms with Crippen molar-refractivity contribution in [2.75, 3.05) is 0 Å². The number of carbonyl (C=O) groups excluding carboxylic acids is 1. The van der Waals surface area contributed by atoms with Crippen molar-refractivity contribution >= 4 is 25.4 Å². The molecule has 0 saturated heterocycles. The summed E-state index contributed by atoms with van der Waals surface area (Å²) in [5, 5.41) is 0. The van der Waals surface area contributed by atoms with Gasteiger partial charge in [-0.1, -0.05) is 0 Å². The third-order valence-corrected chi connectivity index (χ3v) is 5.90. The summed E-state index contributed by atoms with van der Waals surface area (Å²) in [5.41, 5.74) is 0. The minimum absolute atomic E-state index is 0.134. The molecule has 0 radical (unpaired) electrons. The first kappa shape index (κ1) is 12.7. The Morgan fingerprint density at radius 1 is 1.24 bits per heavy atom. The zero-order chi connectivity index (χ0) is 12.1. The van der Waals surface area contributed by atoms with E-state index in [0.29, 0.717) is 19.8 Å².